The first kappa shape index (κ1) is 24.1. The van der Waals surface area contributed by atoms with E-state index in [0.717, 1.165) is 49.5 Å². The lowest BCUT2D eigenvalue weighted by Crippen LogP contribution is -2.39. The molecule has 0 atom stereocenters. The Balaban J connectivity index is 1.58. The highest BCUT2D eigenvalue weighted by molar-refractivity contribution is 7.91. The van der Waals surface area contributed by atoms with Crippen molar-refractivity contribution in [2.24, 2.45) is 0 Å². The SMILES string of the molecule is CCS(=O)(=O)c1ccc(C(=O)N(CCCN2CCOCC2)c2nc3ccc(Cl)cc3s2)cc1. The standard InChI is InChI=1S/C23H26ClN3O4S2/c1-2-33(29,30)19-7-4-17(5-8-19)22(28)27(11-3-10-26-12-14-31-15-13-26)23-25-20-9-6-18(24)16-21(20)32-23/h4-9,16H,2-3,10-15H2,1H3. The Hall–Kier alpha value is -2.04. The van der Waals surface area contributed by atoms with Crippen LogP contribution in [-0.4, -0.2) is 69.4 Å². The van der Waals surface area contributed by atoms with E-state index in [1.807, 2.05) is 12.1 Å². The first-order valence-electron chi connectivity index (χ1n) is 10.9. The third kappa shape index (κ3) is 5.73. The molecule has 1 aliphatic heterocycles. The van der Waals surface area contributed by atoms with Crippen LogP contribution in [0.25, 0.3) is 10.2 Å². The number of amides is 1. The Morgan fingerprint density at radius 3 is 2.61 bits per heavy atom. The molecule has 33 heavy (non-hydrogen) atoms. The summed E-state index contributed by atoms with van der Waals surface area (Å²) in [5.74, 6) is -0.190. The van der Waals surface area contributed by atoms with Gasteiger partial charge in [-0.15, -0.1) is 0 Å². The van der Waals surface area contributed by atoms with E-state index in [4.69, 9.17) is 16.3 Å². The molecule has 4 rings (SSSR count). The highest BCUT2D eigenvalue weighted by Gasteiger charge is 2.23. The maximum atomic E-state index is 13.5. The van der Waals surface area contributed by atoms with Gasteiger partial charge in [0.1, 0.15) is 0 Å². The molecule has 2 aromatic carbocycles. The van der Waals surface area contributed by atoms with Gasteiger partial charge in [0.15, 0.2) is 15.0 Å². The van der Waals surface area contributed by atoms with Gasteiger partial charge in [0, 0.05) is 36.8 Å². The van der Waals surface area contributed by atoms with Crippen molar-refractivity contribution in [1.29, 1.82) is 0 Å². The molecule has 3 aromatic rings. The molecule has 2 heterocycles. The van der Waals surface area contributed by atoms with Crippen LogP contribution in [0.5, 0.6) is 0 Å². The Bertz CT molecular complexity index is 1220. The summed E-state index contributed by atoms with van der Waals surface area (Å²) in [5.41, 5.74) is 1.21. The van der Waals surface area contributed by atoms with Crippen molar-refractivity contribution in [2.75, 3.05) is 50.0 Å². The predicted molar refractivity (Wildman–Crippen MR) is 132 cm³/mol. The molecule has 176 valence electrons. The first-order chi connectivity index (χ1) is 15.9. The van der Waals surface area contributed by atoms with Crippen LogP contribution in [0.4, 0.5) is 5.13 Å². The number of hydrogen-bond donors (Lipinski definition) is 0. The van der Waals surface area contributed by atoms with Crippen LogP contribution in [0.2, 0.25) is 5.02 Å². The molecule has 0 N–H and O–H groups in total. The lowest BCUT2D eigenvalue weighted by atomic mass is 10.2. The minimum absolute atomic E-state index is 0.0161. The quantitative estimate of drug-likeness (QED) is 0.456. The van der Waals surface area contributed by atoms with Crippen LogP contribution in [0.1, 0.15) is 23.7 Å². The highest BCUT2D eigenvalue weighted by Crippen LogP contribution is 2.32. The number of hydrogen-bond acceptors (Lipinski definition) is 7. The van der Waals surface area contributed by atoms with Crippen LogP contribution in [-0.2, 0) is 14.6 Å². The summed E-state index contributed by atoms with van der Waals surface area (Å²) in [5, 5.41) is 1.22. The van der Waals surface area contributed by atoms with E-state index in [1.165, 1.54) is 23.5 Å². The Morgan fingerprint density at radius 1 is 1.18 bits per heavy atom. The van der Waals surface area contributed by atoms with Gasteiger partial charge in [-0.1, -0.05) is 29.9 Å². The molecule has 0 radical (unpaired) electrons. The molecule has 1 amide bonds. The summed E-state index contributed by atoms with van der Waals surface area (Å²) in [4.78, 5) is 22.4. The van der Waals surface area contributed by atoms with Crippen LogP contribution >= 0.6 is 22.9 Å². The molecule has 0 saturated carbocycles. The van der Waals surface area contributed by atoms with Crippen molar-refractivity contribution < 1.29 is 17.9 Å². The van der Waals surface area contributed by atoms with Crippen molar-refractivity contribution in [3.8, 4) is 0 Å². The number of rotatable bonds is 8. The molecule has 1 aromatic heterocycles. The van der Waals surface area contributed by atoms with Crippen molar-refractivity contribution in [3.05, 3.63) is 53.1 Å². The molecule has 0 unspecified atom stereocenters. The third-order valence-electron chi connectivity index (χ3n) is 5.62. The van der Waals surface area contributed by atoms with Crippen LogP contribution in [0.15, 0.2) is 47.4 Å². The van der Waals surface area contributed by atoms with Crippen molar-refractivity contribution >= 4 is 54.0 Å². The number of ether oxygens (including phenoxy) is 1. The number of benzene rings is 2. The van der Waals surface area contributed by atoms with Crippen molar-refractivity contribution in [2.45, 2.75) is 18.2 Å². The lowest BCUT2D eigenvalue weighted by molar-refractivity contribution is 0.0376. The Morgan fingerprint density at radius 2 is 1.91 bits per heavy atom. The topological polar surface area (TPSA) is 79.8 Å². The molecular formula is C23H26ClN3O4S2. The maximum Gasteiger partial charge on any atom is 0.260 e. The van der Waals surface area contributed by atoms with Gasteiger partial charge in [0.25, 0.3) is 5.91 Å². The van der Waals surface area contributed by atoms with Crippen LogP contribution in [0.3, 0.4) is 0 Å². The number of nitrogens with zero attached hydrogens (tertiary/aromatic N) is 3. The molecule has 1 fully saturated rings. The van der Waals surface area contributed by atoms with Gasteiger partial charge >= 0.3 is 0 Å². The Labute approximate surface area is 202 Å². The fourth-order valence-corrected chi connectivity index (χ4v) is 5.84. The minimum Gasteiger partial charge on any atom is -0.379 e. The number of sulfone groups is 1. The number of aromatic nitrogens is 1. The van der Waals surface area contributed by atoms with Gasteiger partial charge in [0.2, 0.25) is 0 Å². The molecule has 0 spiro atoms. The van der Waals surface area contributed by atoms with Gasteiger partial charge in [-0.25, -0.2) is 13.4 Å². The van der Waals surface area contributed by atoms with E-state index in [0.29, 0.717) is 22.3 Å². The first-order valence-corrected chi connectivity index (χ1v) is 13.7. The molecular weight excluding hydrogens is 482 g/mol. The average Bonchev–Trinajstić information content (AvgIpc) is 3.25. The monoisotopic (exact) mass is 507 g/mol. The second-order valence-corrected chi connectivity index (χ2v) is 11.5. The van der Waals surface area contributed by atoms with Gasteiger partial charge in [-0.3, -0.25) is 14.6 Å². The lowest BCUT2D eigenvalue weighted by Gasteiger charge is -2.27. The number of carbonyl (C=O) groups is 1. The number of halogens is 1. The highest BCUT2D eigenvalue weighted by atomic mass is 35.5. The van der Waals surface area contributed by atoms with Crippen LogP contribution < -0.4 is 4.90 Å². The van der Waals surface area contributed by atoms with Crippen molar-refractivity contribution in [1.82, 2.24) is 9.88 Å². The summed E-state index contributed by atoms with van der Waals surface area (Å²) < 4.78 is 30.6. The number of anilines is 1. The number of morpholine rings is 1. The zero-order valence-corrected chi connectivity index (χ0v) is 20.8. The molecule has 0 aliphatic carbocycles. The second-order valence-electron chi connectivity index (χ2n) is 7.80. The largest absolute Gasteiger partial charge is 0.379 e. The number of carbonyl (C=O) groups excluding carboxylic acids is 1. The van der Waals surface area contributed by atoms with Crippen LogP contribution in [0, 0.1) is 0 Å². The fraction of sp³-hybridized carbons (Fsp3) is 0.391. The number of fused-ring (bicyclic) bond motifs is 1. The van der Waals surface area contributed by atoms with Gasteiger partial charge in [0.05, 0.1) is 34.1 Å². The van der Waals surface area contributed by atoms with E-state index in [2.05, 4.69) is 9.88 Å². The number of thiazole rings is 1. The van der Waals surface area contributed by atoms with E-state index in [1.54, 1.807) is 30.0 Å². The molecule has 0 bridgehead atoms. The summed E-state index contributed by atoms with van der Waals surface area (Å²) in [6, 6.07) is 11.6. The predicted octanol–water partition coefficient (Wildman–Crippen LogP) is 4.11. The smallest absolute Gasteiger partial charge is 0.260 e. The summed E-state index contributed by atoms with van der Waals surface area (Å²) >= 11 is 7.55. The Kier molecular flexibility index (Phi) is 7.65. The zero-order valence-electron chi connectivity index (χ0n) is 18.4. The minimum atomic E-state index is -3.32. The van der Waals surface area contributed by atoms with E-state index >= 15 is 0 Å². The molecule has 10 heteroatoms. The van der Waals surface area contributed by atoms with E-state index in [-0.39, 0.29) is 16.6 Å². The van der Waals surface area contributed by atoms with Gasteiger partial charge < -0.3 is 4.74 Å². The summed E-state index contributed by atoms with van der Waals surface area (Å²) in [6.07, 6.45) is 0.782. The van der Waals surface area contributed by atoms with E-state index in [9.17, 15) is 13.2 Å². The zero-order chi connectivity index (χ0) is 23.4. The van der Waals surface area contributed by atoms with Crippen molar-refractivity contribution in [3.63, 3.8) is 0 Å². The second kappa shape index (κ2) is 10.5. The molecule has 7 nitrogen and oxygen atoms in total. The molecule has 1 saturated heterocycles. The normalized spacial score (nSPS) is 15.1. The van der Waals surface area contributed by atoms with Gasteiger partial charge in [-0.2, -0.15) is 0 Å². The fourth-order valence-electron chi connectivity index (χ4n) is 3.69. The summed E-state index contributed by atoms with van der Waals surface area (Å²) in [6.45, 7) is 6.20. The van der Waals surface area contributed by atoms with Gasteiger partial charge in [-0.05, 0) is 48.9 Å². The maximum absolute atomic E-state index is 13.5. The average molecular weight is 508 g/mol. The molecule has 1 aliphatic rings. The third-order valence-corrected chi connectivity index (χ3v) is 8.64. The van der Waals surface area contributed by atoms with E-state index < -0.39 is 9.84 Å². The summed E-state index contributed by atoms with van der Waals surface area (Å²) in [7, 11) is -3.32.